The molecule has 0 bridgehead atoms. The molecule has 1 saturated heterocycles. The first-order chi connectivity index (χ1) is 11.8. The zero-order chi connectivity index (χ0) is 18.2. The fourth-order valence-electron chi connectivity index (χ4n) is 2.96. The molecule has 2 heterocycles. The van der Waals surface area contributed by atoms with E-state index in [9.17, 15) is 9.90 Å². The van der Waals surface area contributed by atoms with Crippen molar-refractivity contribution < 1.29 is 5.11 Å². The lowest BCUT2D eigenvalue weighted by molar-refractivity contribution is 0.275. The van der Waals surface area contributed by atoms with Crippen LogP contribution >= 0.6 is 23.2 Å². The highest BCUT2D eigenvalue weighted by Crippen LogP contribution is 2.32. The molecule has 1 aliphatic rings. The maximum absolute atomic E-state index is 12.6. The zero-order valence-electron chi connectivity index (χ0n) is 13.9. The number of anilines is 1. The molecule has 3 rings (SSSR count). The molecule has 0 atom stereocenters. The minimum Gasteiger partial charge on any atom is -0.390 e. The second-order valence-corrected chi connectivity index (χ2v) is 7.40. The van der Waals surface area contributed by atoms with Crippen molar-refractivity contribution >= 4 is 29.0 Å². The van der Waals surface area contributed by atoms with Crippen LogP contribution in [-0.4, -0.2) is 33.7 Å². The lowest BCUT2D eigenvalue weighted by Gasteiger charge is -2.38. The number of hydrogen-bond acceptors (Lipinski definition) is 5. The summed E-state index contributed by atoms with van der Waals surface area (Å²) in [4.78, 5) is 21.8. The Balaban J connectivity index is 2.03. The van der Waals surface area contributed by atoms with Crippen molar-refractivity contribution in [3.8, 4) is 11.3 Å². The first-order valence-corrected chi connectivity index (χ1v) is 8.80. The van der Waals surface area contributed by atoms with Gasteiger partial charge in [0.2, 0.25) is 0 Å². The van der Waals surface area contributed by atoms with Gasteiger partial charge in [-0.05, 0) is 25.8 Å². The molecule has 1 fully saturated rings. The third-order valence-electron chi connectivity index (χ3n) is 4.55. The van der Waals surface area contributed by atoms with Gasteiger partial charge in [0.25, 0.3) is 5.56 Å². The Morgan fingerprint density at radius 1 is 1.36 bits per heavy atom. The van der Waals surface area contributed by atoms with Gasteiger partial charge in [-0.25, -0.2) is 4.98 Å². The second kappa shape index (κ2) is 6.96. The summed E-state index contributed by atoms with van der Waals surface area (Å²) in [7, 11) is 0. The number of aliphatic hydroxyl groups excluding tert-OH is 1. The Morgan fingerprint density at radius 3 is 2.68 bits per heavy atom. The Hall–Kier alpha value is -1.60. The molecule has 0 radical (unpaired) electrons. The van der Waals surface area contributed by atoms with Gasteiger partial charge in [-0.15, -0.1) is 0 Å². The van der Waals surface area contributed by atoms with Crippen molar-refractivity contribution in [3.63, 3.8) is 0 Å². The molecule has 1 aromatic carbocycles. The van der Waals surface area contributed by atoms with Crippen LogP contribution in [0, 0.1) is 0 Å². The molecule has 134 valence electrons. The van der Waals surface area contributed by atoms with Crippen LogP contribution in [0.4, 0.5) is 5.82 Å². The number of aliphatic hydroxyl groups is 1. The summed E-state index contributed by atoms with van der Waals surface area (Å²) < 4.78 is 0. The standard InChI is InChI=1S/C17H20Cl2N4O2/c1-17(20)5-7-23(8-6-17)15-12(9-24)21-14(16(25)22-15)10-3-2-4-11(18)13(10)19/h2-4,24H,5-9,20H2,1H3,(H,22,25). The summed E-state index contributed by atoms with van der Waals surface area (Å²) >= 11 is 12.2. The van der Waals surface area contributed by atoms with Gasteiger partial charge >= 0.3 is 0 Å². The van der Waals surface area contributed by atoms with E-state index in [1.165, 1.54) is 0 Å². The van der Waals surface area contributed by atoms with Crippen molar-refractivity contribution in [1.29, 1.82) is 0 Å². The van der Waals surface area contributed by atoms with Gasteiger partial charge in [0, 0.05) is 24.2 Å². The molecule has 1 aromatic heterocycles. The Morgan fingerprint density at radius 2 is 2.04 bits per heavy atom. The SMILES string of the molecule is CC1(N)CCN(c2[nH]c(=O)c(-c3cccc(Cl)c3Cl)nc2CO)CC1. The Labute approximate surface area is 155 Å². The highest BCUT2D eigenvalue weighted by molar-refractivity contribution is 6.43. The fourth-order valence-corrected chi connectivity index (χ4v) is 3.35. The third kappa shape index (κ3) is 3.67. The largest absolute Gasteiger partial charge is 0.390 e. The fraction of sp³-hybridized carbons (Fsp3) is 0.412. The monoisotopic (exact) mass is 382 g/mol. The van der Waals surface area contributed by atoms with Gasteiger partial charge in [0.15, 0.2) is 0 Å². The molecule has 6 nitrogen and oxygen atoms in total. The van der Waals surface area contributed by atoms with Crippen molar-refractivity contribution in [2.45, 2.75) is 31.9 Å². The molecule has 0 amide bonds. The number of rotatable bonds is 3. The summed E-state index contributed by atoms with van der Waals surface area (Å²) in [5.41, 5.74) is 6.54. The quantitative estimate of drug-likeness (QED) is 0.757. The summed E-state index contributed by atoms with van der Waals surface area (Å²) in [6, 6.07) is 5.01. The smallest absolute Gasteiger partial charge is 0.276 e. The number of aromatic nitrogens is 2. The number of benzene rings is 1. The molecule has 8 heteroatoms. The molecule has 0 saturated carbocycles. The van der Waals surface area contributed by atoms with E-state index in [-0.39, 0.29) is 28.4 Å². The predicted octanol–water partition coefficient (Wildman–Crippen LogP) is 2.55. The minimum atomic E-state index is -0.377. The number of halogens is 2. The van der Waals surface area contributed by atoms with Crippen molar-refractivity contribution in [2.75, 3.05) is 18.0 Å². The van der Waals surface area contributed by atoms with Gasteiger partial charge in [-0.1, -0.05) is 35.3 Å². The predicted molar refractivity (Wildman–Crippen MR) is 100 cm³/mol. The van der Waals surface area contributed by atoms with Gasteiger partial charge in [-0.2, -0.15) is 0 Å². The minimum absolute atomic E-state index is 0.140. The summed E-state index contributed by atoms with van der Waals surface area (Å²) in [6.07, 6.45) is 1.59. The van der Waals surface area contributed by atoms with Crippen LogP contribution in [0.15, 0.2) is 23.0 Å². The van der Waals surface area contributed by atoms with E-state index >= 15 is 0 Å². The molecule has 25 heavy (non-hydrogen) atoms. The van der Waals surface area contributed by atoms with Crippen LogP contribution in [0.2, 0.25) is 10.0 Å². The van der Waals surface area contributed by atoms with Crippen molar-refractivity contribution in [3.05, 3.63) is 44.3 Å². The molecule has 0 unspecified atom stereocenters. The van der Waals surface area contributed by atoms with Gasteiger partial charge in [0.1, 0.15) is 17.2 Å². The van der Waals surface area contributed by atoms with Gasteiger partial charge in [0.05, 0.1) is 16.7 Å². The van der Waals surface area contributed by atoms with Crippen LogP contribution in [0.3, 0.4) is 0 Å². The molecule has 0 spiro atoms. The molecule has 1 aliphatic heterocycles. The van der Waals surface area contributed by atoms with Crippen LogP contribution in [0.5, 0.6) is 0 Å². The number of aromatic amines is 1. The lowest BCUT2D eigenvalue weighted by atomic mass is 9.91. The van der Waals surface area contributed by atoms with Gasteiger partial charge in [-0.3, -0.25) is 4.79 Å². The molecular weight excluding hydrogens is 363 g/mol. The number of hydrogen-bond donors (Lipinski definition) is 3. The highest BCUT2D eigenvalue weighted by Gasteiger charge is 2.28. The summed E-state index contributed by atoms with van der Waals surface area (Å²) in [6.45, 7) is 3.10. The van der Waals surface area contributed by atoms with Crippen molar-refractivity contribution in [2.24, 2.45) is 5.73 Å². The normalized spacial score (nSPS) is 16.9. The van der Waals surface area contributed by atoms with E-state index in [2.05, 4.69) is 9.97 Å². The maximum atomic E-state index is 12.6. The maximum Gasteiger partial charge on any atom is 0.276 e. The number of piperidine rings is 1. The van der Waals surface area contributed by atoms with Crippen molar-refractivity contribution in [1.82, 2.24) is 9.97 Å². The van der Waals surface area contributed by atoms with Crippen LogP contribution in [0.1, 0.15) is 25.5 Å². The first kappa shape index (κ1) is 18.2. The molecule has 0 aliphatic carbocycles. The second-order valence-electron chi connectivity index (χ2n) is 6.61. The molecular formula is C17H20Cl2N4O2. The Bertz CT molecular complexity index is 841. The average Bonchev–Trinajstić information content (AvgIpc) is 2.57. The van der Waals surface area contributed by atoms with E-state index < -0.39 is 0 Å². The van der Waals surface area contributed by atoms with E-state index in [0.29, 0.717) is 35.2 Å². The number of H-pyrrole nitrogens is 1. The van der Waals surface area contributed by atoms with E-state index in [1.807, 2.05) is 11.8 Å². The number of nitrogens with zero attached hydrogens (tertiary/aromatic N) is 2. The zero-order valence-corrected chi connectivity index (χ0v) is 15.4. The van der Waals surface area contributed by atoms with Crippen LogP contribution in [0.25, 0.3) is 11.3 Å². The van der Waals surface area contributed by atoms with Crippen LogP contribution < -0.4 is 16.2 Å². The average molecular weight is 383 g/mol. The highest BCUT2D eigenvalue weighted by atomic mass is 35.5. The number of nitrogens with two attached hydrogens (primary N) is 1. The van der Waals surface area contributed by atoms with Gasteiger partial charge < -0.3 is 20.7 Å². The van der Waals surface area contributed by atoms with E-state index in [4.69, 9.17) is 28.9 Å². The van der Waals surface area contributed by atoms with Crippen LogP contribution in [-0.2, 0) is 6.61 Å². The number of nitrogens with one attached hydrogen (secondary N) is 1. The van der Waals surface area contributed by atoms with E-state index in [1.54, 1.807) is 18.2 Å². The topological polar surface area (TPSA) is 95.2 Å². The lowest BCUT2D eigenvalue weighted by Crippen LogP contribution is -2.49. The molecule has 2 aromatic rings. The molecule has 4 N–H and O–H groups in total. The van der Waals surface area contributed by atoms with E-state index in [0.717, 1.165) is 12.8 Å². The Kier molecular flexibility index (Phi) is 5.06. The first-order valence-electron chi connectivity index (χ1n) is 8.04. The third-order valence-corrected chi connectivity index (χ3v) is 5.36. The summed E-state index contributed by atoms with van der Waals surface area (Å²) in [5, 5.41) is 10.3. The summed E-state index contributed by atoms with van der Waals surface area (Å²) in [5.74, 6) is 0.532.